The van der Waals surface area contributed by atoms with Crippen molar-refractivity contribution in [2.24, 2.45) is 0 Å². The van der Waals surface area contributed by atoms with Gasteiger partial charge in [-0.15, -0.1) is 0 Å². The molecule has 2 aliphatic heterocycles. The molecule has 0 aromatic heterocycles. The third-order valence-electron chi connectivity index (χ3n) is 5.00. The van der Waals surface area contributed by atoms with Crippen molar-refractivity contribution >= 4 is 5.91 Å². The molecule has 2 N–H and O–H groups in total. The molecular weight excluding hydrogens is 310 g/mol. The Kier molecular flexibility index (Phi) is 5.08. The highest BCUT2D eigenvalue weighted by molar-refractivity contribution is 5.77. The van der Waals surface area contributed by atoms with E-state index < -0.39 is 17.8 Å². The summed E-state index contributed by atoms with van der Waals surface area (Å²) in [6, 6.07) is 7.61. The molecule has 2 aliphatic rings. The van der Waals surface area contributed by atoms with Crippen molar-refractivity contribution in [2.75, 3.05) is 26.3 Å². The van der Waals surface area contributed by atoms with Crippen molar-refractivity contribution in [1.82, 2.24) is 4.90 Å². The zero-order chi connectivity index (χ0) is 17.2. The lowest BCUT2D eigenvalue weighted by Crippen LogP contribution is -2.55. The second-order valence-electron chi connectivity index (χ2n) is 6.82. The van der Waals surface area contributed by atoms with Crippen LogP contribution in [0.15, 0.2) is 24.3 Å². The summed E-state index contributed by atoms with van der Waals surface area (Å²) in [6.45, 7) is 3.35. The van der Waals surface area contributed by atoms with Gasteiger partial charge >= 0.3 is 0 Å². The average Bonchev–Trinajstić information content (AvgIpc) is 2.58. The molecule has 132 valence electrons. The Bertz CT molecular complexity index is 565. The van der Waals surface area contributed by atoms with E-state index in [1.54, 1.807) is 4.90 Å². The van der Waals surface area contributed by atoms with Gasteiger partial charge in [-0.1, -0.05) is 17.7 Å². The van der Waals surface area contributed by atoms with Crippen LogP contribution < -0.4 is 4.74 Å². The number of amides is 1. The molecule has 0 bridgehead atoms. The molecule has 2 saturated heterocycles. The number of hydrogen-bond donors (Lipinski definition) is 2. The number of carbonyl (C=O) groups excluding carboxylic acids is 1. The maximum absolute atomic E-state index is 12.3. The van der Waals surface area contributed by atoms with Crippen molar-refractivity contribution in [2.45, 2.75) is 44.0 Å². The van der Waals surface area contributed by atoms with Crippen molar-refractivity contribution in [3.63, 3.8) is 0 Å². The van der Waals surface area contributed by atoms with Gasteiger partial charge in [0.25, 0.3) is 5.91 Å². The summed E-state index contributed by atoms with van der Waals surface area (Å²) in [5, 5.41) is 19.4. The second-order valence-corrected chi connectivity index (χ2v) is 6.82. The Balaban J connectivity index is 1.47. The molecule has 1 aromatic rings. The van der Waals surface area contributed by atoms with Gasteiger partial charge in [-0.05, 0) is 31.9 Å². The molecule has 0 unspecified atom stereocenters. The minimum absolute atomic E-state index is 0.0260. The lowest BCUT2D eigenvalue weighted by Gasteiger charge is -2.46. The molecule has 1 spiro atoms. The Labute approximate surface area is 142 Å². The van der Waals surface area contributed by atoms with E-state index in [9.17, 15) is 15.0 Å². The third-order valence-corrected chi connectivity index (χ3v) is 5.00. The van der Waals surface area contributed by atoms with E-state index in [2.05, 4.69) is 0 Å². The Morgan fingerprint density at radius 2 is 1.92 bits per heavy atom. The first-order valence-electron chi connectivity index (χ1n) is 8.45. The monoisotopic (exact) mass is 335 g/mol. The highest BCUT2D eigenvalue weighted by Gasteiger charge is 2.43. The van der Waals surface area contributed by atoms with E-state index in [0.29, 0.717) is 38.1 Å². The molecule has 0 radical (unpaired) electrons. The zero-order valence-corrected chi connectivity index (χ0v) is 14.0. The van der Waals surface area contributed by atoms with Gasteiger partial charge in [0.05, 0.1) is 18.3 Å². The summed E-state index contributed by atoms with van der Waals surface area (Å²) in [5.74, 6) is 0.650. The summed E-state index contributed by atoms with van der Waals surface area (Å²) in [6.07, 6.45) is 0.222. The van der Waals surface area contributed by atoms with Gasteiger partial charge in [0, 0.05) is 19.5 Å². The van der Waals surface area contributed by atoms with Crippen LogP contribution in [0.1, 0.15) is 24.8 Å². The molecular formula is C18H25NO5. The van der Waals surface area contributed by atoms with Crippen molar-refractivity contribution in [1.29, 1.82) is 0 Å². The Hall–Kier alpha value is -1.63. The zero-order valence-electron chi connectivity index (χ0n) is 14.0. The van der Waals surface area contributed by atoms with Gasteiger partial charge in [-0.3, -0.25) is 4.79 Å². The highest BCUT2D eigenvalue weighted by Crippen LogP contribution is 2.35. The van der Waals surface area contributed by atoms with E-state index in [0.717, 1.165) is 5.56 Å². The van der Waals surface area contributed by atoms with Crippen LogP contribution in [0.25, 0.3) is 0 Å². The fourth-order valence-corrected chi connectivity index (χ4v) is 3.33. The normalized spacial score (nSPS) is 26.4. The van der Waals surface area contributed by atoms with Crippen LogP contribution in [0.3, 0.4) is 0 Å². The molecule has 0 aliphatic carbocycles. The molecule has 6 nitrogen and oxygen atoms in total. The predicted octanol–water partition coefficient (Wildman–Crippen LogP) is 0.877. The molecule has 2 atom stereocenters. The fraction of sp³-hybridized carbons (Fsp3) is 0.611. The number of rotatable bonds is 3. The van der Waals surface area contributed by atoms with Crippen LogP contribution in [-0.2, 0) is 9.53 Å². The largest absolute Gasteiger partial charge is 0.484 e. The lowest BCUT2D eigenvalue weighted by molar-refractivity contribution is -0.189. The van der Waals surface area contributed by atoms with Crippen LogP contribution in [0, 0.1) is 6.92 Å². The summed E-state index contributed by atoms with van der Waals surface area (Å²) < 4.78 is 11.3. The van der Waals surface area contributed by atoms with E-state index in [1.807, 2.05) is 31.2 Å². The molecule has 1 amide bonds. The van der Waals surface area contributed by atoms with E-state index in [1.165, 1.54) is 0 Å². The number of benzene rings is 1. The Morgan fingerprint density at radius 3 is 2.54 bits per heavy atom. The average molecular weight is 335 g/mol. The number of piperidine rings is 1. The summed E-state index contributed by atoms with van der Waals surface area (Å²) in [4.78, 5) is 14.1. The van der Waals surface area contributed by atoms with Crippen LogP contribution >= 0.6 is 0 Å². The number of nitrogens with zero attached hydrogens (tertiary/aromatic N) is 1. The number of carbonyl (C=O) groups is 1. The first kappa shape index (κ1) is 17.2. The van der Waals surface area contributed by atoms with E-state index >= 15 is 0 Å². The minimum Gasteiger partial charge on any atom is -0.484 e. The first-order valence-corrected chi connectivity index (χ1v) is 8.45. The first-order chi connectivity index (χ1) is 11.5. The van der Waals surface area contributed by atoms with E-state index in [4.69, 9.17) is 9.47 Å². The van der Waals surface area contributed by atoms with Crippen LogP contribution in [0.2, 0.25) is 0 Å². The van der Waals surface area contributed by atoms with Crippen molar-refractivity contribution < 1.29 is 24.5 Å². The predicted molar refractivity (Wildman–Crippen MR) is 87.8 cm³/mol. The number of aliphatic hydroxyl groups is 2. The third kappa shape index (κ3) is 3.88. The minimum atomic E-state index is -0.807. The second kappa shape index (κ2) is 7.09. The number of aliphatic hydroxyl groups excluding tert-OH is 2. The topological polar surface area (TPSA) is 79.2 Å². The van der Waals surface area contributed by atoms with Crippen molar-refractivity contribution in [3.05, 3.63) is 29.8 Å². The van der Waals surface area contributed by atoms with Gasteiger partial charge in [-0.2, -0.15) is 0 Å². The summed E-state index contributed by atoms with van der Waals surface area (Å²) in [5.41, 5.74) is 0.738. The quantitative estimate of drug-likeness (QED) is 0.857. The molecule has 6 heteroatoms. The SMILES string of the molecule is Cc1ccc(OCC(=O)N2CCC3(CC2)C[C@@H](O)[C@@H](O)CO3)cc1. The maximum atomic E-state index is 12.3. The number of ether oxygens (including phenoxy) is 2. The molecule has 24 heavy (non-hydrogen) atoms. The van der Waals surface area contributed by atoms with Gasteiger partial charge in [-0.25, -0.2) is 0 Å². The molecule has 1 aromatic carbocycles. The standard InChI is InChI=1S/C18H25NO5/c1-13-2-4-14(5-3-13)23-12-17(22)19-8-6-18(7-9-19)10-15(20)16(21)11-24-18/h2-5,15-16,20-21H,6-12H2,1H3/t15-,16+/m1/s1. The lowest BCUT2D eigenvalue weighted by atomic mass is 9.82. The van der Waals surface area contributed by atoms with Crippen LogP contribution in [0.5, 0.6) is 5.75 Å². The Morgan fingerprint density at radius 1 is 1.25 bits per heavy atom. The summed E-state index contributed by atoms with van der Waals surface area (Å²) >= 11 is 0. The van der Waals surface area contributed by atoms with Gasteiger partial charge < -0.3 is 24.6 Å². The highest BCUT2D eigenvalue weighted by atomic mass is 16.5. The molecule has 2 fully saturated rings. The van der Waals surface area contributed by atoms with E-state index in [-0.39, 0.29) is 19.1 Å². The van der Waals surface area contributed by atoms with Gasteiger partial charge in [0.15, 0.2) is 6.61 Å². The molecule has 3 rings (SSSR count). The number of hydrogen-bond acceptors (Lipinski definition) is 5. The fourth-order valence-electron chi connectivity index (χ4n) is 3.33. The van der Waals surface area contributed by atoms with Crippen molar-refractivity contribution in [3.8, 4) is 5.75 Å². The molecule has 2 heterocycles. The van der Waals surface area contributed by atoms with Gasteiger partial charge in [0.1, 0.15) is 11.9 Å². The van der Waals surface area contributed by atoms with Gasteiger partial charge in [0.2, 0.25) is 0 Å². The number of aryl methyl sites for hydroxylation is 1. The summed E-state index contributed by atoms with van der Waals surface area (Å²) in [7, 11) is 0. The smallest absolute Gasteiger partial charge is 0.260 e. The van der Waals surface area contributed by atoms with Crippen LogP contribution in [0.4, 0.5) is 0 Å². The number of likely N-dealkylation sites (tertiary alicyclic amines) is 1. The maximum Gasteiger partial charge on any atom is 0.260 e. The molecule has 0 saturated carbocycles. The van der Waals surface area contributed by atoms with Crippen LogP contribution in [-0.4, -0.2) is 65.1 Å².